The Morgan fingerprint density at radius 3 is 2.30 bits per heavy atom. The molecule has 108 valence electrons. The van der Waals surface area contributed by atoms with Gasteiger partial charge in [0.2, 0.25) is 0 Å². The van der Waals surface area contributed by atoms with Crippen LogP contribution in [-0.4, -0.2) is 40.0 Å². The van der Waals surface area contributed by atoms with Crippen molar-refractivity contribution >= 4 is 5.78 Å². The van der Waals surface area contributed by atoms with Gasteiger partial charge < -0.3 is 5.11 Å². The fraction of sp³-hybridized carbons (Fsp3) is 0.588. The number of carbonyl (C=O) groups excluding carboxylic acids is 1. The molecule has 2 fully saturated rings. The molecule has 2 heterocycles. The number of fused-ring (bicyclic) bond motifs is 2. The first kappa shape index (κ1) is 13.8. The Kier molecular flexibility index (Phi) is 3.65. The van der Waals surface area contributed by atoms with Crippen LogP contribution in [-0.2, 0) is 0 Å². The van der Waals surface area contributed by atoms with E-state index in [0.717, 1.165) is 31.2 Å². The van der Waals surface area contributed by atoms with Crippen LogP contribution in [0.4, 0.5) is 0 Å². The van der Waals surface area contributed by atoms with Gasteiger partial charge in [-0.3, -0.25) is 9.69 Å². The molecule has 0 radical (unpaired) electrons. The summed E-state index contributed by atoms with van der Waals surface area (Å²) in [5.74, 6) is 0.207. The van der Waals surface area contributed by atoms with Crippen molar-refractivity contribution in [3.63, 3.8) is 0 Å². The Morgan fingerprint density at radius 1 is 1.20 bits per heavy atom. The van der Waals surface area contributed by atoms with Crippen molar-refractivity contribution in [1.29, 1.82) is 0 Å². The summed E-state index contributed by atoms with van der Waals surface area (Å²) in [5.41, 5.74) is 1.98. The summed E-state index contributed by atoms with van der Waals surface area (Å²) < 4.78 is 0. The molecule has 2 aliphatic rings. The zero-order valence-corrected chi connectivity index (χ0v) is 12.2. The van der Waals surface area contributed by atoms with Crippen LogP contribution in [0.2, 0.25) is 0 Å². The minimum absolute atomic E-state index is 0.0808. The normalized spacial score (nSPS) is 31.2. The fourth-order valence-corrected chi connectivity index (χ4v) is 3.91. The second-order valence-electron chi connectivity index (χ2n) is 6.36. The maximum Gasteiger partial charge on any atom is 0.179 e. The molecule has 0 saturated carbocycles. The molecule has 3 nitrogen and oxygen atoms in total. The maximum atomic E-state index is 12.7. The molecule has 3 heteroatoms. The van der Waals surface area contributed by atoms with Gasteiger partial charge in [-0.25, -0.2) is 0 Å². The van der Waals surface area contributed by atoms with Crippen LogP contribution in [0.15, 0.2) is 24.3 Å². The first-order chi connectivity index (χ1) is 9.56. The van der Waals surface area contributed by atoms with E-state index in [1.807, 2.05) is 38.1 Å². The van der Waals surface area contributed by atoms with Crippen molar-refractivity contribution in [2.24, 2.45) is 0 Å². The molecule has 3 rings (SSSR count). The highest BCUT2D eigenvalue weighted by molar-refractivity contribution is 5.99. The lowest BCUT2D eigenvalue weighted by molar-refractivity contribution is 0.0155. The summed E-state index contributed by atoms with van der Waals surface area (Å²) in [5, 5.41) is 9.86. The van der Waals surface area contributed by atoms with Crippen molar-refractivity contribution in [1.82, 2.24) is 4.90 Å². The van der Waals surface area contributed by atoms with Crippen LogP contribution in [0.25, 0.3) is 0 Å². The smallest absolute Gasteiger partial charge is 0.179 e. The first-order valence-electron chi connectivity index (χ1n) is 7.62. The van der Waals surface area contributed by atoms with E-state index < -0.39 is 0 Å². The molecule has 3 unspecified atom stereocenters. The summed E-state index contributed by atoms with van der Waals surface area (Å²) >= 11 is 0. The minimum Gasteiger partial charge on any atom is -0.393 e. The predicted molar refractivity (Wildman–Crippen MR) is 78.9 cm³/mol. The van der Waals surface area contributed by atoms with Crippen molar-refractivity contribution in [2.45, 2.75) is 63.8 Å². The number of hydrogen-bond donors (Lipinski definition) is 1. The van der Waals surface area contributed by atoms with E-state index in [4.69, 9.17) is 0 Å². The number of piperidine rings is 1. The minimum atomic E-state index is -0.176. The van der Waals surface area contributed by atoms with Crippen molar-refractivity contribution in [3.8, 4) is 0 Å². The Bertz CT molecular complexity index is 482. The van der Waals surface area contributed by atoms with Crippen LogP contribution >= 0.6 is 0 Å². The maximum absolute atomic E-state index is 12.7. The molecule has 2 bridgehead atoms. The number of ketones is 1. The molecule has 3 atom stereocenters. The molecule has 0 aliphatic carbocycles. The molecule has 2 aliphatic heterocycles. The third-order valence-electron chi connectivity index (χ3n) is 4.93. The standard InChI is InChI=1S/C17H23NO2/c1-11-3-5-13(6-4-11)17(20)12(2)18-14-7-8-15(18)10-16(19)9-14/h3-6,12,14-16,19H,7-10H2,1-2H3. The van der Waals surface area contributed by atoms with Gasteiger partial charge in [0.05, 0.1) is 12.1 Å². The largest absolute Gasteiger partial charge is 0.393 e. The first-order valence-corrected chi connectivity index (χ1v) is 7.62. The topological polar surface area (TPSA) is 40.5 Å². The number of rotatable bonds is 3. The highest BCUT2D eigenvalue weighted by atomic mass is 16.3. The average molecular weight is 273 g/mol. The number of aryl methyl sites for hydroxylation is 1. The van der Waals surface area contributed by atoms with E-state index in [2.05, 4.69) is 4.90 Å². The summed E-state index contributed by atoms with van der Waals surface area (Å²) in [7, 11) is 0. The van der Waals surface area contributed by atoms with E-state index in [0.29, 0.717) is 12.1 Å². The highest BCUT2D eigenvalue weighted by Gasteiger charge is 2.43. The summed E-state index contributed by atoms with van der Waals surface area (Å²) in [6, 6.07) is 8.52. The van der Waals surface area contributed by atoms with Crippen molar-refractivity contribution < 1.29 is 9.90 Å². The molecular formula is C17H23NO2. The number of aliphatic hydroxyl groups excluding tert-OH is 1. The van der Waals surface area contributed by atoms with E-state index in [-0.39, 0.29) is 17.9 Å². The molecule has 2 saturated heterocycles. The Morgan fingerprint density at radius 2 is 1.75 bits per heavy atom. The SMILES string of the molecule is Cc1ccc(C(=O)C(C)N2C3CCC2CC(O)C3)cc1. The molecule has 1 aromatic rings. The van der Waals surface area contributed by atoms with Gasteiger partial charge in [0.15, 0.2) is 5.78 Å². The summed E-state index contributed by atoms with van der Waals surface area (Å²) in [4.78, 5) is 15.0. The third-order valence-corrected chi connectivity index (χ3v) is 4.93. The number of aliphatic hydroxyl groups is 1. The van der Waals surface area contributed by atoms with E-state index >= 15 is 0 Å². The lowest BCUT2D eigenvalue weighted by Gasteiger charge is -2.40. The monoisotopic (exact) mass is 273 g/mol. The molecular weight excluding hydrogens is 250 g/mol. The van der Waals surface area contributed by atoms with Crippen molar-refractivity contribution in [2.75, 3.05) is 0 Å². The molecule has 0 amide bonds. The second kappa shape index (κ2) is 5.30. The number of hydrogen-bond acceptors (Lipinski definition) is 3. The second-order valence-corrected chi connectivity index (χ2v) is 6.36. The fourth-order valence-electron chi connectivity index (χ4n) is 3.91. The average Bonchev–Trinajstić information content (AvgIpc) is 2.70. The molecule has 0 aromatic heterocycles. The van der Waals surface area contributed by atoms with Crippen molar-refractivity contribution in [3.05, 3.63) is 35.4 Å². The van der Waals surface area contributed by atoms with Gasteiger partial charge in [-0.1, -0.05) is 29.8 Å². The van der Waals surface area contributed by atoms with Gasteiger partial charge in [0.25, 0.3) is 0 Å². The molecule has 0 spiro atoms. The number of benzene rings is 1. The molecule has 1 aromatic carbocycles. The van der Waals surface area contributed by atoms with Crippen LogP contribution < -0.4 is 0 Å². The van der Waals surface area contributed by atoms with E-state index in [9.17, 15) is 9.90 Å². The van der Waals surface area contributed by atoms with Crippen LogP contribution in [0.1, 0.15) is 48.5 Å². The number of Topliss-reactive ketones (excluding diaryl/α,β-unsaturated/α-hetero) is 1. The zero-order chi connectivity index (χ0) is 14.3. The van der Waals surface area contributed by atoms with Crippen LogP contribution in [0, 0.1) is 6.92 Å². The van der Waals surface area contributed by atoms with Gasteiger partial charge in [-0.05, 0) is 39.5 Å². The zero-order valence-electron chi connectivity index (χ0n) is 12.2. The van der Waals surface area contributed by atoms with Gasteiger partial charge in [-0.15, -0.1) is 0 Å². The lowest BCUT2D eigenvalue weighted by Crippen LogP contribution is -2.51. The van der Waals surface area contributed by atoms with Crippen LogP contribution in [0.3, 0.4) is 0 Å². The Balaban J connectivity index is 1.77. The van der Waals surface area contributed by atoms with E-state index in [1.54, 1.807) is 0 Å². The summed E-state index contributed by atoms with van der Waals surface area (Å²) in [6.45, 7) is 4.05. The van der Waals surface area contributed by atoms with E-state index in [1.165, 1.54) is 5.56 Å². The van der Waals surface area contributed by atoms with Gasteiger partial charge in [-0.2, -0.15) is 0 Å². The molecule has 20 heavy (non-hydrogen) atoms. The Hall–Kier alpha value is -1.19. The summed E-state index contributed by atoms with van der Waals surface area (Å²) in [6.07, 6.45) is 3.70. The lowest BCUT2D eigenvalue weighted by atomic mass is 9.95. The molecule has 1 N–H and O–H groups in total. The van der Waals surface area contributed by atoms with Crippen LogP contribution in [0.5, 0.6) is 0 Å². The highest BCUT2D eigenvalue weighted by Crippen LogP contribution is 2.37. The van der Waals surface area contributed by atoms with Gasteiger partial charge >= 0.3 is 0 Å². The van der Waals surface area contributed by atoms with Gasteiger partial charge in [0.1, 0.15) is 0 Å². The quantitative estimate of drug-likeness (QED) is 0.860. The third kappa shape index (κ3) is 2.40. The predicted octanol–water partition coefficient (Wildman–Crippen LogP) is 2.55. The number of nitrogens with zero attached hydrogens (tertiary/aromatic N) is 1. The van der Waals surface area contributed by atoms with Gasteiger partial charge in [0, 0.05) is 17.6 Å². The Labute approximate surface area is 120 Å². The number of carbonyl (C=O) groups is 1.